The number of hydrogen-bond acceptors (Lipinski definition) is 2. The third kappa shape index (κ3) is 4.80. The van der Waals surface area contributed by atoms with Gasteiger partial charge >= 0.3 is 48.8 Å². The zero-order chi connectivity index (χ0) is 24.9. The van der Waals surface area contributed by atoms with Gasteiger partial charge in [-0.3, -0.25) is 0 Å². The van der Waals surface area contributed by atoms with Crippen LogP contribution in [0.3, 0.4) is 0 Å². The van der Waals surface area contributed by atoms with E-state index in [1.54, 1.807) is 0 Å². The molecule has 0 aromatic carbocycles. The average Bonchev–Trinajstić information content (AvgIpc) is 2.40. The monoisotopic (exact) mass is 499 g/mol. The van der Waals surface area contributed by atoms with Crippen molar-refractivity contribution in [1.29, 1.82) is 0 Å². The lowest BCUT2D eigenvalue weighted by Gasteiger charge is -2.41. The molecule has 0 aliphatic rings. The Morgan fingerprint density at radius 2 is 0.867 bits per heavy atom. The fraction of sp³-hybridized carbons (Fsp3) is 0.778. The molecule has 0 fully saturated rings. The summed E-state index contributed by atoms with van der Waals surface area (Å²) in [5, 5.41) is 0. The molecule has 0 radical (unpaired) electrons. The van der Waals surface area contributed by atoms with Gasteiger partial charge in [-0.05, 0) is 0 Å². The van der Waals surface area contributed by atoms with E-state index in [1.165, 1.54) is 4.74 Å². The maximum atomic E-state index is 13.1. The summed E-state index contributed by atoms with van der Waals surface area (Å²) < 4.78 is 239. The van der Waals surface area contributed by atoms with Crippen molar-refractivity contribution in [2.75, 3.05) is 0 Å². The summed E-state index contributed by atoms with van der Waals surface area (Å²) in [6.45, 7) is 0. The van der Waals surface area contributed by atoms with Gasteiger partial charge in [-0.25, -0.2) is 4.74 Å². The Labute approximate surface area is 149 Å². The summed E-state index contributed by atoms with van der Waals surface area (Å²) in [5.41, 5.74) is 0. The lowest BCUT2D eigenvalue weighted by molar-refractivity contribution is -0.515. The molecule has 180 valence electrons. The van der Waals surface area contributed by atoms with Crippen LogP contribution in [0.5, 0.6) is 0 Å². The van der Waals surface area contributed by atoms with Gasteiger partial charge in [0.15, 0.2) is 0 Å². The predicted octanol–water partition coefficient (Wildman–Crippen LogP) is 6.47. The number of halogens is 19. The molecule has 0 bridgehead atoms. The van der Waals surface area contributed by atoms with Crippen molar-refractivity contribution in [3.8, 4) is 0 Å². The van der Waals surface area contributed by atoms with Crippen molar-refractivity contribution in [3.05, 3.63) is 11.9 Å². The first-order valence-corrected chi connectivity index (χ1v) is 5.92. The summed E-state index contributed by atoms with van der Waals surface area (Å²) in [6, 6.07) is -8.38. The number of ether oxygens (including phenoxy) is 1. The number of hydrogen-bond donors (Lipinski definition) is 0. The topological polar surface area (TPSA) is 12.5 Å². The number of nitrogens with zero attached hydrogens (tertiary/aromatic N) is 1. The van der Waals surface area contributed by atoms with E-state index in [0.29, 0.717) is 0 Å². The van der Waals surface area contributed by atoms with E-state index in [-0.39, 0.29) is 0 Å². The molecular weight excluding hydrogens is 499 g/mol. The second-order valence-corrected chi connectivity index (χ2v) is 4.67. The van der Waals surface area contributed by atoms with Crippen LogP contribution in [-0.2, 0) is 4.74 Å². The van der Waals surface area contributed by atoms with E-state index < -0.39 is 59.5 Å². The summed E-state index contributed by atoms with van der Waals surface area (Å²) >= 11 is 0. The SMILES string of the molecule is FC(F)=C(F)C(F)(F)OC(F)(F)C(F)(F)C(F)(F)C(F)(F)N(C(F)(F)F)C(F)(F)F. The molecule has 0 spiro atoms. The van der Waals surface area contributed by atoms with Crippen LogP contribution in [0.15, 0.2) is 11.9 Å². The highest BCUT2D eigenvalue weighted by molar-refractivity contribution is 5.05. The van der Waals surface area contributed by atoms with Gasteiger partial charge < -0.3 is 0 Å². The van der Waals surface area contributed by atoms with Gasteiger partial charge in [-0.1, -0.05) is 4.90 Å². The smallest absolute Gasteiger partial charge is 0.244 e. The first kappa shape index (κ1) is 28.3. The molecule has 0 atom stereocenters. The van der Waals surface area contributed by atoms with Crippen molar-refractivity contribution in [2.24, 2.45) is 0 Å². The molecule has 0 aliphatic heterocycles. The summed E-state index contributed by atoms with van der Waals surface area (Å²) in [6.07, 6.45) is -34.6. The quantitative estimate of drug-likeness (QED) is 0.294. The van der Waals surface area contributed by atoms with E-state index >= 15 is 0 Å². The normalized spacial score (nSPS) is 15.6. The molecule has 0 saturated carbocycles. The van der Waals surface area contributed by atoms with E-state index in [1.807, 2.05) is 0 Å². The second-order valence-electron chi connectivity index (χ2n) is 4.67. The van der Waals surface area contributed by atoms with Crippen molar-refractivity contribution >= 4 is 0 Å². The lowest BCUT2D eigenvalue weighted by Crippen LogP contribution is -2.72. The minimum atomic E-state index is -8.56. The third-order valence-electron chi connectivity index (χ3n) is 2.60. The van der Waals surface area contributed by atoms with E-state index in [4.69, 9.17) is 0 Å². The fourth-order valence-electron chi connectivity index (χ4n) is 1.35. The maximum Gasteiger partial charge on any atom is 0.472 e. The van der Waals surface area contributed by atoms with Gasteiger partial charge in [0.2, 0.25) is 0 Å². The van der Waals surface area contributed by atoms with Gasteiger partial charge in [0, 0.05) is 0 Å². The Morgan fingerprint density at radius 3 is 1.13 bits per heavy atom. The van der Waals surface area contributed by atoms with Crippen LogP contribution in [-0.4, -0.2) is 47.6 Å². The van der Waals surface area contributed by atoms with Crippen LogP contribution in [0.4, 0.5) is 83.4 Å². The van der Waals surface area contributed by atoms with Crippen LogP contribution in [0.25, 0.3) is 0 Å². The fourth-order valence-corrected chi connectivity index (χ4v) is 1.35. The van der Waals surface area contributed by atoms with Crippen LogP contribution in [0.2, 0.25) is 0 Å². The largest absolute Gasteiger partial charge is 0.472 e. The highest BCUT2D eigenvalue weighted by atomic mass is 19.4. The molecule has 0 rings (SSSR count). The molecule has 21 heteroatoms. The number of rotatable bonds is 7. The second kappa shape index (κ2) is 7.48. The zero-order valence-electron chi connectivity index (χ0n) is 12.5. The Hall–Kier alpha value is -1.67. The molecule has 0 aromatic heterocycles. The minimum Gasteiger partial charge on any atom is -0.244 e. The van der Waals surface area contributed by atoms with Crippen molar-refractivity contribution in [1.82, 2.24) is 4.90 Å². The van der Waals surface area contributed by atoms with Gasteiger partial charge in [-0.2, -0.15) is 83.4 Å². The molecule has 0 saturated heterocycles. The van der Waals surface area contributed by atoms with Gasteiger partial charge in [0.1, 0.15) is 0 Å². The average molecular weight is 499 g/mol. The molecule has 2 nitrogen and oxygen atoms in total. The first-order valence-electron chi connectivity index (χ1n) is 5.92. The van der Waals surface area contributed by atoms with Gasteiger partial charge in [0.05, 0.1) is 0 Å². The van der Waals surface area contributed by atoms with E-state index in [9.17, 15) is 83.4 Å². The Morgan fingerprint density at radius 1 is 0.533 bits per heavy atom. The summed E-state index contributed by atoms with van der Waals surface area (Å²) in [4.78, 5) is -4.57. The molecule has 0 unspecified atom stereocenters. The van der Waals surface area contributed by atoms with Crippen molar-refractivity contribution < 1.29 is 88.2 Å². The summed E-state index contributed by atoms with van der Waals surface area (Å²) in [5.74, 6) is -21.4. The molecule has 0 aromatic rings. The van der Waals surface area contributed by atoms with Crippen LogP contribution in [0.1, 0.15) is 0 Å². The Bertz CT molecular complexity index is 638. The third-order valence-corrected chi connectivity index (χ3v) is 2.60. The predicted molar refractivity (Wildman–Crippen MR) is 50.1 cm³/mol. The molecule has 30 heavy (non-hydrogen) atoms. The molecule has 0 heterocycles. The zero-order valence-corrected chi connectivity index (χ0v) is 12.5. The van der Waals surface area contributed by atoms with E-state index in [0.717, 1.165) is 0 Å². The highest BCUT2D eigenvalue weighted by Crippen LogP contribution is 2.58. The lowest BCUT2D eigenvalue weighted by atomic mass is 10.1. The maximum absolute atomic E-state index is 13.1. The highest BCUT2D eigenvalue weighted by Gasteiger charge is 2.88. The number of alkyl halides is 16. The first-order chi connectivity index (χ1) is 12.7. The molecule has 0 amide bonds. The van der Waals surface area contributed by atoms with Crippen molar-refractivity contribution in [2.45, 2.75) is 42.7 Å². The summed E-state index contributed by atoms with van der Waals surface area (Å²) in [7, 11) is 0. The molecule has 0 N–H and O–H groups in total. The van der Waals surface area contributed by atoms with Crippen molar-refractivity contribution in [3.63, 3.8) is 0 Å². The van der Waals surface area contributed by atoms with E-state index in [2.05, 4.69) is 0 Å². The van der Waals surface area contributed by atoms with Gasteiger partial charge in [-0.15, -0.1) is 0 Å². The standard InChI is InChI=1S/C9F19NO/c10-1(2(11)12)3(13,14)30-7(21,22)5(17,18)4(15,16)6(19,20)29(8(23,24)25)9(26,27)28. The van der Waals surface area contributed by atoms with Crippen LogP contribution >= 0.6 is 0 Å². The van der Waals surface area contributed by atoms with Crippen LogP contribution < -0.4 is 0 Å². The molecular formula is C9F19NO. The molecule has 0 aliphatic carbocycles. The minimum absolute atomic E-state index is 1.32. The Kier molecular flexibility index (Phi) is 7.06. The Balaban J connectivity index is 6.56. The van der Waals surface area contributed by atoms with Gasteiger partial charge in [0.25, 0.3) is 5.83 Å². The van der Waals surface area contributed by atoms with Crippen LogP contribution in [0, 0.1) is 0 Å².